The number of carbonyl (C=O) groups is 1. The van der Waals surface area contributed by atoms with Crippen molar-refractivity contribution in [1.29, 1.82) is 0 Å². The van der Waals surface area contributed by atoms with Gasteiger partial charge in [0.15, 0.2) is 0 Å². The minimum atomic E-state index is -0.379. The first-order valence-corrected chi connectivity index (χ1v) is 9.50. The lowest BCUT2D eigenvalue weighted by molar-refractivity contribution is -0.0377. The second kappa shape index (κ2) is 5.68. The number of hydrogen-bond donors (Lipinski definition) is 1. The minimum Gasteiger partial charge on any atom is -0.346 e. The van der Waals surface area contributed by atoms with Crippen molar-refractivity contribution in [2.75, 3.05) is 13.1 Å². The molecule has 3 aliphatic rings. The molecule has 128 valence electrons. The molecule has 3 aliphatic heterocycles. The van der Waals surface area contributed by atoms with Gasteiger partial charge >= 0.3 is 0 Å². The van der Waals surface area contributed by atoms with Crippen LogP contribution in [0.25, 0.3) is 10.1 Å². The van der Waals surface area contributed by atoms with Crippen molar-refractivity contribution in [1.82, 2.24) is 10.2 Å². The van der Waals surface area contributed by atoms with Crippen LogP contribution in [0.2, 0.25) is 5.02 Å². The first-order valence-electron chi connectivity index (χ1n) is 8.31. The summed E-state index contributed by atoms with van der Waals surface area (Å²) in [4.78, 5) is 15.8. The molecule has 2 bridgehead atoms. The third-order valence-electron chi connectivity index (χ3n) is 5.63. The second-order valence-corrected chi connectivity index (χ2v) is 8.81. The summed E-state index contributed by atoms with van der Waals surface area (Å²) >= 11 is 7.43. The summed E-state index contributed by atoms with van der Waals surface area (Å²) in [6.07, 6.45) is 2.27. The molecular weight excluding hydrogens is 347 g/mol. The number of nitrogens with zero attached hydrogens (tertiary/aromatic N) is 1. The monoisotopic (exact) mass is 366 g/mol. The molecule has 5 rings (SSSR count). The van der Waals surface area contributed by atoms with E-state index in [0.29, 0.717) is 21.2 Å². The van der Waals surface area contributed by atoms with Crippen LogP contribution in [0.15, 0.2) is 18.2 Å². The van der Waals surface area contributed by atoms with Crippen molar-refractivity contribution in [3.8, 4) is 0 Å². The van der Waals surface area contributed by atoms with Crippen molar-refractivity contribution in [2.45, 2.75) is 38.3 Å². The number of rotatable bonds is 2. The molecule has 3 saturated heterocycles. The zero-order chi connectivity index (χ0) is 17.1. The average Bonchev–Trinajstić information content (AvgIpc) is 2.95. The number of fused-ring (bicyclic) bond motifs is 4. The van der Waals surface area contributed by atoms with Crippen LogP contribution in [0.4, 0.5) is 4.39 Å². The van der Waals surface area contributed by atoms with Crippen molar-refractivity contribution in [2.24, 2.45) is 5.92 Å². The quantitative estimate of drug-likeness (QED) is 0.859. The van der Waals surface area contributed by atoms with E-state index in [-0.39, 0.29) is 23.3 Å². The fourth-order valence-corrected chi connectivity index (χ4v) is 5.56. The second-order valence-electron chi connectivity index (χ2n) is 7.35. The number of carbonyl (C=O) groups excluding carboxylic acids is 1. The van der Waals surface area contributed by atoms with E-state index in [1.54, 1.807) is 6.07 Å². The predicted molar refractivity (Wildman–Crippen MR) is 96.4 cm³/mol. The molecule has 6 heteroatoms. The number of piperidine rings is 3. The van der Waals surface area contributed by atoms with E-state index in [0.717, 1.165) is 30.6 Å². The van der Waals surface area contributed by atoms with E-state index in [1.807, 2.05) is 0 Å². The van der Waals surface area contributed by atoms with Crippen LogP contribution in [0.5, 0.6) is 0 Å². The van der Waals surface area contributed by atoms with Crippen molar-refractivity contribution in [3.05, 3.63) is 33.9 Å². The van der Waals surface area contributed by atoms with Crippen LogP contribution >= 0.6 is 22.9 Å². The highest BCUT2D eigenvalue weighted by Gasteiger charge is 2.48. The van der Waals surface area contributed by atoms with E-state index < -0.39 is 0 Å². The predicted octanol–water partition coefficient (Wildman–Crippen LogP) is 4.30. The molecule has 0 unspecified atom stereocenters. The lowest BCUT2D eigenvalue weighted by atomic mass is 9.72. The molecule has 3 nitrogen and oxygen atoms in total. The van der Waals surface area contributed by atoms with E-state index >= 15 is 0 Å². The molecule has 2 aromatic rings. The SMILES string of the molecule is CC1(C)[C@@H](NC(=O)c2cc3cc(F)cc(Cl)c3s2)C2CCN1CC2. The summed E-state index contributed by atoms with van der Waals surface area (Å²) in [5, 5.41) is 4.29. The lowest BCUT2D eigenvalue weighted by Crippen LogP contribution is -2.69. The van der Waals surface area contributed by atoms with Crippen molar-refractivity contribution < 1.29 is 9.18 Å². The summed E-state index contributed by atoms with van der Waals surface area (Å²) in [6, 6.07) is 4.59. The summed E-state index contributed by atoms with van der Waals surface area (Å²) < 4.78 is 14.3. The van der Waals surface area contributed by atoms with E-state index in [2.05, 4.69) is 24.1 Å². The van der Waals surface area contributed by atoms with Gasteiger partial charge in [-0.25, -0.2) is 4.39 Å². The van der Waals surface area contributed by atoms with Crippen LogP contribution in [-0.4, -0.2) is 35.5 Å². The molecule has 1 aromatic heterocycles. The van der Waals surface area contributed by atoms with Gasteiger partial charge in [-0.1, -0.05) is 11.6 Å². The van der Waals surface area contributed by atoms with Gasteiger partial charge in [0.25, 0.3) is 5.91 Å². The zero-order valence-electron chi connectivity index (χ0n) is 13.7. The Bertz CT molecular complexity index is 811. The maximum absolute atomic E-state index is 13.5. The molecule has 0 aliphatic carbocycles. The summed E-state index contributed by atoms with van der Waals surface area (Å²) in [5.74, 6) is 0.0691. The Morgan fingerprint density at radius 2 is 2.04 bits per heavy atom. The van der Waals surface area contributed by atoms with Crippen LogP contribution < -0.4 is 5.32 Å². The molecule has 0 spiro atoms. The van der Waals surface area contributed by atoms with Gasteiger partial charge in [0.05, 0.1) is 14.6 Å². The normalized spacial score (nSPS) is 28.2. The van der Waals surface area contributed by atoms with Crippen LogP contribution in [0.1, 0.15) is 36.4 Å². The van der Waals surface area contributed by atoms with Crippen LogP contribution in [0, 0.1) is 11.7 Å². The molecular formula is C18H20ClFN2OS. The Kier molecular flexibility index (Phi) is 3.86. The number of amides is 1. The highest BCUT2D eigenvalue weighted by atomic mass is 35.5. The smallest absolute Gasteiger partial charge is 0.261 e. The third-order valence-corrected chi connectivity index (χ3v) is 7.23. The van der Waals surface area contributed by atoms with Gasteiger partial charge in [-0.15, -0.1) is 11.3 Å². The number of benzene rings is 1. The van der Waals surface area contributed by atoms with Crippen LogP contribution in [0.3, 0.4) is 0 Å². The summed E-state index contributed by atoms with van der Waals surface area (Å²) in [5.41, 5.74) is -0.0305. The molecule has 3 fully saturated rings. The number of hydrogen-bond acceptors (Lipinski definition) is 3. The third kappa shape index (κ3) is 2.54. The first kappa shape index (κ1) is 16.3. The average molecular weight is 367 g/mol. The van der Waals surface area contributed by atoms with Crippen molar-refractivity contribution in [3.63, 3.8) is 0 Å². The number of halogens is 2. The van der Waals surface area contributed by atoms with Gasteiger partial charge < -0.3 is 5.32 Å². The molecule has 1 atom stereocenters. The van der Waals surface area contributed by atoms with Gasteiger partial charge in [0, 0.05) is 11.6 Å². The molecule has 0 radical (unpaired) electrons. The summed E-state index contributed by atoms with van der Waals surface area (Å²) in [7, 11) is 0. The lowest BCUT2D eigenvalue weighted by Gasteiger charge is -2.56. The van der Waals surface area contributed by atoms with E-state index in [4.69, 9.17) is 11.6 Å². The molecule has 0 saturated carbocycles. The maximum Gasteiger partial charge on any atom is 0.261 e. The molecule has 4 heterocycles. The Labute approximate surface area is 149 Å². The maximum atomic E-state index is 13.5. The fraction of sp³-hybridized carbons (Fsp3) is 0.500. The Balaban J connectivity index is 1.61. The van der Waals surface area contributed by atoms with Gasteiger partial charge in [0.2, 0.25) is 0 Å². The minimum absolute atomic E-state index is 0.0305. The first-order chi connectivity index (χ1) is 11.4. The molecule has 1 N–H and O–H groups in total. The van der Waals surface area contributed by atoms with Crippen molar-refractivity contribution >= 4 is 38.9 Å². The molecule has 24 heavy (non-hydrogen) atoms. The standard InChI is InChI=1S/C18H20ClFN2OS/c1-18(2)16(10-3-5-22(18)6-4-10)21-17(23)14-8-11-7-12(20)9-13(19)15(11)24-14/h7-10,16H,3-6H2,1-2H3,(H,21,23)/t16-/m0/s1. The molecule has 1 aromatic carbocycles. The summed E-state index contributed by atoms with van der Waals surface area (Å²) in [6.45, 7) is 6.64. The Morgan fingerprint density at radius 1 is 1.33 bits per heavy atom. The van der Waals surface area contributed by atoms with Gasteiger partial charge in [-0.2, -0.15) is 0 Å². The Hall–Kier alpha value is -1.17. The fourth-order valence-electron chi connectivity index (χ4n) is 4.28. The molecule has 1 amide bonds. The van der Waals surface area contributed by atoms with Crippen LogP contribution in [-0.2, 0) is 0 Å². The number of thiophene rings is 1. The topological polar surface area (TPSA) is 32.3 Å². The van der Waals surface area contributed by atoms with Gasteiger partial charge in [-0.05, 0) is 69.3 Å². The highest BCUT2D eigenvalue weighted by Crippen LogP contribution is 2.39. The highest BCUT2D eigenvalue weighted by molar-refractivity contribution is 7.21. The largest absolute Gasteiger partial charge is 0.346 e. The van der Waals surface area contributed by atoms with Gasteiger partial charge in [0.1, 0.15) is 5.82 Å². The number of nitrogens with one attached hydrogen (secondary N) is 1. The van der Waals surface area contributed by atoms with E-state index in [1.165, 1.54) is 23.5 Å². The Morgan fingerprint density at radius 3 is 2.71 bits per heavy atom. The zero-order valence-corrected chi connectivity index (χ0v) is 15.3. The van der Waals surface area contributed by atoms with Gasteiger partial charge in [-0.3, -0.25) is 9.69 Å². The van der Waals surface area contributed by atoms with E-state index in [9.17, 15) is 9.18 Å².